The van der Waals surface area contributed by atoms with Crippen molar-refractivity contribution in [1.82, 2.24) is 9.88 Å². The van der Waals surface area contributed by atoms with Gasteiger partial charge in [0.05, 0.1) is 24.9 Å². The van der Waals surface area contributed by atoms with E-state index in [2.05, 4.69) is 4.98 Å². The van der Waals surface area contributed by atoms with Crippen molar-refractivity contribution in [3.05, 3.63) is 22.5 Å². The lowest BCUT2D eigenvalue weighted by molar-refractivity contribution is -0.146. The van der Waals surface area contributed by atoms with Gasteiger partial charge in [-0.3, -0.25) is 4.79 Å². The molecule has 1 aliphatic rings. The lowest BCUT2D eigenvalue weighted by atomic mass is 10.1. The van der Waals surface area contributed by atoms with Crippen LogP contribution in [0, 0.1) is 13.8 Å². The van der Waals surface area contributed by atoms with Crippen LogP contribution in [0.25, 0.3) is 0 Å². The number of nitrogens with one attached hydrogen (secondary N) is 1. The molecule has 1 amide bonds. The number of nitrogens with zero attached hydrogens (tertiary/aromatic N) is 1. The summed E-state index contributed by atoms with van der Waals surface area (Å²) in [4.78, 5) is 40.7. The number of morpholine rings is 1. The largest absolute Gasteiger partial charge is 0.465 e. The van der Waals surface area contributed by atoms with Crippen molar-refractivity contribution in [3.63, 3.8) is 0 Å². The number of rotatable bonds is 4. The summed E-state index contributed by atoms with van der Waals surface area (Å²) in [6.45, 7) is 7.64. The van der Waals surface area contributed by atoms with Crippen LogP contribution < -0.4 is 0 Å². The van der Waals surface area contributed by atoms with Crippen molar-refractivity contribution in [2.45, 2.75) is 39.9 Å². The van der Waals surface area contributed by atoms with E-state index in [1.54, 1.807) is 18.7 Å². The molecule has 1 N–H and O–H groups in total. The molecule has 1 aliphatic heterocycles. The van der Waals surface area contributed by atoms with Gasteiger partial charge in [-0.2, -0.15) is 0 Å². The molecule has 0 bridgehead atoms. The van der Waals surface area contributed by atoms with Gasteiger partial charge >= 0.3 is 11.9 Å². The van der Waals surface area contributed by atoms with Gasteiger partial charge in [-0.1, -0.05) is 0 Å². The van der Waals surface area contributed by atoms with Crippen molar-refractivity contribution in [3.8, 4) is 0 Å². The highest BCUT2D eigenvalue weighted by molar-refractivity contribution is 5.99. The molecule has 0 aliphatic carbocycles. The van der Waals surface area contributed by atoms with Crippen molar-refractivity contribution in [2.75, 3.05) is 26.8 Å². The molecule has 1 fully saturated rings. The Bertz CT molecular complexity index is 671. The first-order chi connectivity index (χ1) is 11.7. The minimum atomic E-state index is -0.682. The lowest BCUT2D eigenvalue weighted by Gasteiger charge is -2.35. The van der Waals surface area contributed by atoms with Crippen molar-refractivity contribution in [2.24, 2.45) is 0 Å². The summed E-state index contributed by atoms with van der Waals surface area (Å²) in [6.07, 6.45) is -0.112. The molecule has 8 nitrogen and oxygen atoms in total. The van der Waals surface area contributed by atoms with E-state index in [9.17, 15) is 14.4 Å². The van der Waals surface area contributed by atoms with Gasteiger partial charge in [0.1, 0.15) is 5.69 Å². The quantitative estimate of drug-likeness (QED) is 0.818. The first-order valence-corrected chi connectivity index (χ1v) is 8.12. The average molecular weight is 352 g/mol. The average Bonchev–Trinajstić information content (AvgIpc) is 2.85. The Labute approximate surface area is 146 Å². The van der Waals surface area contributed by atoms with Crippen LogP contribution >= 0.6 is 0 Å². The monoisotopic (exact) mass is 352 g/mol. The Morgan fingerprint density at radius 3 is 2.32 bits per heavy atom. The molecule has 0 unspecified atom stereocenters. The molecular weight excluding hydrogens is 328 g/mol. The fraction of sp³-hybridized carbons (Fsp3) is 0.588. The molecule has 2 atom stereocenters. The number of methoxy groups -OCH3 is 1. The maximum atomic E-state index is 12.3. The number of amides is 1. The zero-order valence-corrected chi connectivity index (χ0v) is 15.2. The summed E-state index contributed by atoms with van der Waals surface area (Å²) in [5.74, 6) is -1.49. The van der Waals surface area contributed by atoms with Gasteiger partial charge in [0, 0.05) is 18.8 Å². The summed E-state index contributed by atoms with van der Waals surface area (Å²) in [5.41, 5.74) is 1.40. The Balaban J connectivity index is 2.01. The molecule has 0 aromatic carbocycles. The van der Waals surface area contributed by atoms with Crippen LogP contribution in [-0.4, -0.2) is 66.7 Å². The second-order valence-electron chi connectivity index (χ2n) is 6.25. The molecular formula is C17H24N2O6. The van der Waals surface area contributed by atoms with Crippen LogP contribution in [0.3, 0.4) is 0 Å². The summed E-state index contributed by atoms with van der Waals surface area (Å²) >= 11 is 0. The SMILES string of the molecule is COC(=O)c1c(C)[nH]c(C(=O)OCC(=O)N2C[C@@H](C)O[C@@H](C)C2)c1C. The molecule has 0 radical (unpaired) electrons. The first kappa shape index (κ1) is 19.0. The first-order valence-electron chi connectivity index (χ1n) is 8.12. The summed E-state index contributed by atoms with van der Waals surface area (Å²) in [7, 11) is 1.27. The Kier molecular flexibility index (Phi) is 5.84. The standard InChI is InChI=1S/C17H24N2O6/c1-9-6-19(7-10(2)25-9)13(20)8-24-17(22)15-11(3)14(12(4)18-15)16(21)23-5/h9-10,18H,6-8H2,1-5H3/t9-,10+. The van der Waals surface area contributed by atoms with Gasteiger partial charge in [-0.15, -0.1) is 0 Å². The smallest absolute Gasteiger partial charge is 0.355 e. The van der Waals surface area contributed by atoms with E-state index in [0.717, 1.165) is 0 Å². The molecule has 0 spiro atoms. The molecule has 8 heteroatoms. The van der Waals surface area contributed by atoms with E-state index in [1.807, 2.05) is 13.8 Å². The molecule has 1 aromatic rings. The molecule has 1 aromatic heterocycles. The normalized spacial score (nSPS) is 20.3. The highest BCUT2D eigenvalue weighted by Crippen LogP contribution is 2.19. The zero-order valence-electron chi connectivity index (χ0n) is 15.2. The minimum Gasteiger partial charge on any atom is -0.465 e. The fourth-order valence-electron chi connectivity index (χ4n) is 3.03. The van der Waals surface area contributed by atoms with E-state index < -0.39 is 11.9 Å². The summed E-state index contributed by atoms with van der Waals surface area (Å²) < 4.78 is 15.4. The van der Waals surface area contributed by atoms with E-state index in [0.29, 0.717) is 29.9 Å². The fourth-order valence-corrected chi connectivity index (χ4v) is 3.03. The van der Waals surface area contributed by atoms with Crippen LogP contribution in [0.5, 0.6) is 0 Å². The molecule has 1 saturated heterocycles. The number of carbonyl (C=O) groups excluding carboxylic acids is 3. The van der Waals surface area contributed by atoms with E-state index in [1.165, 1.54) is 7.11 Å². The molecule has 0 saturated carbocycles. The Hall–Kier alpha value is -2.35. The van der Waals surface area contributed by atoms with Crippen molar-refractivity contribution >= 4 is 17.8 Å². The van der Waals surface area contributed by atoms with Gasteiger partial charge in [-0.25, -0.2) is 9.59 Å². The van der Waals surface area contributed by atoms with Gasteiger partial charge in [-0.05, 0) is 33.3 Å². The lowest BCUT2D eigenvalue weighted by Crippen LogP contribution is -2.49. The Morgan fingerprint density at radius 2 is 1.76 bits per heavy atom. The number of hydrogen-bond donors (Lipinski definition) is 1. The number of ether oxygens (including phenoxy) is 3. The predicted octanol–water partition coefficient (Wildman–Crippen LogP) is 1.21. The van der Waals surface area contributed by atoms with Crippen LogP contribution in [-0.2, 0) is 19.0 Å². The third-order valence-corrected chi connectivity index (χ3v) is 4.13. The third kappa shape index (κ3) is 4.19. The van der Waals surface area contributed by atoms with Crippen molar-refractivity contribution in [1.29, 1.82) is 0 Å². The van der Waals surface area contributed by atoms with Gasteiger partial charge in [0.15, 0.2) is 6.61 Å². The minimum absolute atomic E-state index is 0.0562. The van der Waals surface area contributed by atoms with Crippen LogP contribution in [0.1, 0.15) is 46.0 Å². The van der Waals surface area contributed by atoms with Crippen molar-refractivity contribution < 1.29 is 28.6 Å². The molecule has 25 heavy (non-hydrogen) atoms. The topological polar surface area (TPSA) is 97.9 Å². The Morgan fingerprint density at radius 1 is 1.16 bits per heavy atom. The second-order valence-corrected chi connectivity index (χ2v) is 6.25. The number of H-pyrrole nitrogens is 1. The highest BCUT2D eigenvalue weighted by atomic mass is 16.5. The molecule has 2 rings (SSSR count). The zero-order chi connectivity index (χ0) is 18.7. The highest BCUT2D eigenvalue weighted by Gasteiger charge is 2.28. The maximum Gasteiger partial charge on any atom is 0.355 e. The number of esters is 2. The van der Waals surface area contributed by atoms with Gasteiger partial charge in [0.2, 0.25) is 0 Å². The van der Waals surface area contributed by atoms with Crippen LogP contribution in [0.2, 0.25) is 0 Å². The number of carbonyl (C=O) groups is 3. The maximum absolute atomic E-state index is 12.3. The molecule has 138 valence electrons. The van der Waals surface area contributed by atoms with Gasteiger partial charge < -0.3 is 24.1 Å². The van der Waals surface area contributed by atoms with E-state index in [-0.39, 0.29) is 30.4 Å². The van der Waals surface area contributed by atoms with E-state index >= 15 is 0 Å². The van der Waals surface area contributed by atoms with Gasteiger partial charge in [0.25, 0.3) is 5.91 Å². The number of hydrogen-bond acceptors (Lipinski definition) is 6. The van der Waals surface area contributed by atoms with Crippen LogP contribution in [0.15, 0.2) is 0 Å². The number of aryl methyl sites for hydroxylation is 1. The second kappa shape index (κ2) is 7.69. The van der Waals surface area contributed by atoms with Crippen LogP contribution in [0.4, 0.5) is 0 Å². The summed E-state index contributed by atoms with van der Waals surface area (Å²) in [6, 6.07) is 0. The predicted molar refractivity (Wildman–Crippen MR) is 88.5 cm³/mol. The van der Waals surface area contributed by atoms with E-state index in [4.69, 9.17) is 14.2 Å². The molecule has 2 heterocycles. The third-order valence-electron chi connectivity index (χ3n) is 4.13. The number of aromatic nitrogens is 1. The summed E-state index contributed by atoms with van der Waals surface area (Å²) in [5, 5.41) is 0. The number of aromatic amines is 1.